The standard InChI is InChI=1S/C5H8O5S/c1-5(4(6)8-2)3-9-11(7)10-5/h3H2,1-2H3/t5-,11-/m0/s1. The van der Waals surface area contributed by atoms with Crippen molar-refractivity contribution >= 4 is 17.3 Å². The molecule has 1 heterocycles. The molecule has 1 aliphatic rings. The van der Waals surface area contributed by atoms with Gasteiger partial charge in [0.15, 0.2) is 0 Å². The van der Waals surface area contributed by atoms with Crippen molar-refractivity contribution in [2.75, 3.05) is 13.7 Å². The highest BCUT2D eigenvalue weighted by Crippen LogP contribution is 2.22. The van der Waals surface area contributed by atoms with Gasteiger partial charge in [-0.3, -0.25) is 4.18 Å². The second-order valence-electron chi connectivity index (χ2n) is 2.27. The first kappa shape index (κ1) is 8.63. The first-order chi connectivity index (χ1) is 5.08. The summed E-state index contributed by atoms with van der Waals surface area (Å²) in [5.74, 6) is -0.580. The molecule has 0 radical (unpaired) electrons. The third kappa shape index (κ3) is 1.58. The lowest BCUT2D eigenvalue weighted by Crippen LogP contribution is -2.38. The van der Waals surface area contributed by atoms with Crippen molar-refractivity contribution in [1.82, 2.24) is 0 Å². The van der Waals surface area contributed by atoms with Crippen LogP contribution in [0.1, 0.15) is 6.92 Å². The fourth-order valence-electron chi connectivity index (χ4n) is 0.668. The van der Waals surface area contributed by atoms with Crippen LogP contribution in [0, 0.1) is 0 Å². The zero-order valence-electron chi connectivity index (χ0n) is 6.16. The fourth-order valence-corrected chi connectivity index (χ4v) is 1.45. The molecule has 6 heteroatoms. The number of ether oxygens (including phenoxy) is 1. The van der Waals surface area contributed by atoms with E-state index in [9.17, 15) is 9.00 Å². The normalized spacial score (nSPS) is 37.1. The largest absolute Gasteiger partial charge is 0.467 e. The molecule has 1 saturated heterocycles. The molecule has 1 fully saturated rings. The summed E-state index contributed by atoms with van der Waals surface area (Å²) >= 11 is -1.82. The summed E-state index contributed by atoms with van der Waals surface area (Å²) in [6.45, 7) is 1.43. The first-order valence-electron chi connectivity index (χ1n) is 2.91. The van der Waals surface area contributed by atoms with Gasteiger partial charge < -0.3 is 4.74 Å². The van der Waals surface area contributed by atoms with Gasteiger partial charge >= 0.3 is 17.3 Å². The Morgan fingerprint density at radius 2 is 2.36 bits per heavy atom. The van der Waals surface area contributed by atoms with Crippen molar-refractivity contribution in [1.29, 1.82) is 0 Å². The van der Waals surface area contributed by atoms with Crippen molar-refractivity contribution in [3.8, 4) is 0 Å². The molecule has 0 saturated carbocycles. The maximum atomic E-state index is 10.9. The van der Waals surface area contributed by atoms with Gasteiger partial charge in [-0.1, -0.05) is 0 Å². The Kier molecular flexibility index (Phi) is 2.26. The van der Waals surface area contributed by atoms with E-state index in [-0.39, 0.29) is 6.61 Å². The second kappa shape index (κ2) is 2.88. The van der Waals surface area contributed by atoms with Crippen LogP contribution in [0.5, 0.6) is 0 Å². The van der Waals surface area contributed by atoms with Gasteiger partial charge in [0.25, 0.3) is 0 Å². The zero-order chi connectivity index (χ0) is 8.48. The van der Waals surface area contributed by atoms with E-state index < -0.39 is 22.9 Å². The van der Waals surface area contributed by atoms with E-state index in [0.29, 0.717) is 0 Å². The number of rotatable bonds is 1. The zero-order valence-corrected chi connectivity index (χ0v) is 6.97. The summed E-state index contributed by atoms with van der Waals surface area (Å²) in [6.07, 6.45) is 0. The Balaban J connectivity index is 2.69. The monoisotopic (exact) mass is 180 g/mol. The Labute approximate surface area is 66.5 Å². The molecule has 11 heavy (non-hydrogen) atoms. The van der Waals surface area contributed by atoms with Gasteiger partial charge in [0.05, 0.1) is 7.11 Å². The minimum atomic E-state index is -1.82. The number of carbonyl (C=O) groups excluding carboxylic acids is 1. The molecule has 1 rings (SSSR count). The molecule has 0 aliphatic carbocycles. The van der Waals surface area contributed by atoms with E-state index in [1.165, 1.54) is 14.0 Å². The molecule has 5 nitrogen and oxygen atoms in total. The van der Waals surface area contributed by atoms with Gasteiger partial charge in [-0.2, -0.15) is 4.21 Å². The van der Waals surface area contributed by atoms with Crippen LogP contribution in [0.3, 0.4) is 0 Å². The minimum Gasteiger partial charge on any atom is -0.467 e. The number of carbonyl (C=O) groups is 1. The topological polar surface area (TPSA) is 61.8 Å². The number of methoxy groups -OCH3 is 1. The second-order valence-corrected chi connectivity index (χ2v) is 3.08. The molecule has 0 bridgehead atoms. The summed E-state index contributed by atoms with van der Waals surface area (Å²) < 4.78 is 24.2. The molecular weight excluding hydrogens is 172 g/mol. The summed E-state index contributed by atoms with van der Waals surface area (Å²) in [7, 11) is 1.23. The first-order valence-corrected chi connectivity index (χ1v) is 3.91. The molecule has 0 aromatic rings. The van der Waals surface area contributed by atoms with Crippen LogP contribution in [0.4, 0.5) is 0 Å². The number of hydrogen-bond donors (Lipinski definition) is 0. The van der Waals surface area contributed by atoms with Crippen LogP contribution in [-0.2, 0) is 29.3 Å². The molecule has 64 valence electrons. The molecule has 0 spiro atoms. The maximum absolute atomic E-state index is 10.9. The highest BCUT2D eigenvalue weighted by Gasteiger charge is 2.44. The van der Waals surface area contributed by atoms with Crippen LogP contribution in [0.2, 0.25) is 0 Å². The third-order valence-corrected chi connectivity index (χ3v) is 2.11. The van der Waals surface area contributed by atoms with E-state index in [2.05, 4.69) is 13.1 Å². The van der Waals surface area contributed by atoms with E-state index in [1.54, 1.807) is 0 Å². The number of hydrogen-bond acceptors (Lipinski definition) is 5. The summed E-state index contributed by atoms with van der Waals surface area (Å²) in [5, 5.41) is 0. The lowest BCUT2D eigenvalue weighted by molar-refractivity contribution is -0.155. The van der Waals surface area contributed by atoms with Gasteiger partial charge in [-0.15, -0.1) is 0 Å². The lowest BCUT2D eigenvalue weighted by atomic mass is 10.1. The van der Waals surface area contributed by atoms with Crippen LogP contribution >= 0.6 is 0 Å². The quantitative estimate of drug-likeness (QED) is 0.511. The van der Waals surface area contributed by atoms with E-state index in [4.69, 9.17) is 0 Å². The van der Waals surface area contributed by atoms with Crippen molar-refractivity contribution in [3.05, 3.63) is 0 Å². The van der Waals surface area contributed by atoms with Crippen LogP contribution in [0.25, 0.3) is 0 Å². The molecule has 1 aliphatic heterocycles. The number of esters is 1. The van der Waals surface area contributed by atoms with Crippen molar-refractivity contribution in [2.45, 2.75) is 12.5 Å². The van der Waals surface area contributed by atoms with Gasteiger partial charge in [0.2, 0.25) is 5.60 Å². The van der Waals surface area contributed by atoms with Gasteiger partial charge in [0, 0.05) is 0 Å². The SMILES string of the molecule is COC(=O)[C@]1(C)CO[S@](=O)O1. The third-order valence-electron chi connectivity index (χ3n) is 1.30. The van der Waals surface area contributed by atoms with Crippen molar-refractivity contribution in [3.63, 3.8) is 0 Å². The Bertz CT molecular complexity index is 203. The maximum Gasteiger partial charge on any atom is 0.341 e. The predicted octanol–water partition coefficient (Wildman–Crippen LogP) is -0.456. The highest BCUT2D eigenvalue weighted by atomic mass is 32.2. The molecule has 0 aromatic heterocycles. The highest BCUT2D eigenvalue weighted by molar-refractivity contribution is 7.75. The summed E-state index contributed by atoms with van der Waals surface area (Å²) in [4.78, 5) is 10.9. The minimum absolute atomic E-state index is 0.0354. The smallest absolute Gasteiger partial charge is 0.341 e. The Morgan fingerprint density at radius 1 is 1.73 bits per heavy atom. The average molecular weight is 180 g/mol. The molecule has 0 amide bonds. The summed E-state index contributed by atoms with van der Waals surface area (Å²) in [6, 6.07) is 0. The van der Waals surface area contributed by atoms with Gasteiger partial charge in [-0.25, -0.2) is 8.98 Å². The Hall–Kier alpha value is -0.460. The van der Waals surface area contributed by atoms with E-state index >= 15 is 0 Å². The molecule has 0 aromatic carbocycles. The molecule has 2 atom stereocenters. The van der Waals surface area contributed by atoms with E-state index in [0.717, 1.165) is 0 Å². The van der Waals surface area contributed by atoms with Crippen molar-refractivity contribution < 1.29 is 22.1 Å². The van der Waals surface area contributed by atoms with Gasteiger partial charge in [0.1, 0.15) is 6.61 Å². The fraction of sp³-hybridized carbons (Fsp3) is 0.800. The van der Waals surface area contributed by atoms with Crippen LogP contribution < -0.4 is 0 Å². The summed E-state index contributed by atoms with van der Waals surface area (Å²) in [5.41, 5.74) is -1.21. The molecule has 0 N–H and O–H groups in total. The predicted molar refractivity (Wildman–Crippen MR) is 35.6 cm³/mol. The van der Waals surface area contributed by atoms with Crippen LogP contribution in [-0.4, -0.2) is 29.5 Å². The van der Waals surface area contributed by atoms with E-state index in [1.807, 2.05) is 0 Å². The lowest BCUT2D eigenvalue weighted by Gasteiger charge is -2.14. The Morgan fingerprint density at radius 3 is 2.73 bits per heavy atom. The van der Waals surface area contributed by atoms with Crippen molar-refractivity contribution in [2.24, 2.45) is 0 Å². The molecular formula is C5H8O5S. The van der Waals surface area contributed by atoms with Gasteiger partial charge in [-0.05, 0) is 6.92 Å². The molecule has 0 unspecified atom stereocenters. The van der Waals surface area contributed by atoms with Crippen LogP contribution in [0.15, 0.2) is 0 Å². The average Bonchev–Trinajstić information content (AvgIpc) is 2.31.